The third-order valence-corrected chi connectivity index (χ3v) is 3.98. The summed E-state index contributed by atoms with van der Waals surface area (Å²) in [6, 6.07) is 5.71. The predicted octanol–water partition coefficient (Wildman–Crippen LogP) is 4.41. The Kier molecular flexibility index (Phi) is 4.45. The summed E-state index contributed by atoms with van der Waals surface area (Å²) >= 11 is 1.40. The fourth-order valence-electron chi connectivity index (χ4n) is 1.92. The number of hydrogen-bond acceptors (Lipinski definition) is 3. The quantitative estimate of drug-likeness (QED) is 0.905. The van der Waals surface area contributed by atoms with Crippen molar-refractivity contribution in [1.29, 1.82) is 0 Å². The molecule has 1 N–H and O–H groups in total. The predicted molar refractivity (Wildman–Crippen MR) is 73.6 cm³/mol. The molecular formula is C14H15F3N2S. The molecule has 20 heavy (non-hydrogen) atoms. The van der Waals surface area contributed by atoms with Crippen LogP contribution in [-0.4, -0.2) is 11.2 Å². The lowest BCUT2D eigenvalue weighted by Gasteiger charge is -2.25. The lowest BCUT2D eigenvalue weighted by atomic mass is 10.1. The van der Waals surface area contributed by atoms with Crippen molar-refractivity contribution in [2.75, 3.05) is 0 Å². The summed E-state index contributed by atoms with van der Waals surface area (Å²) in [7, 11) is 0. The summed E-state index contributed by atoms with van der Waals surface area (Å²) < 4.78 is 39.6. The summed E-state index contributed by atoms with van der Waals surface area (Å²) in [6.07, 6.45) is -2.68. The molecule has 2 rings (SSSR count). The van der Waals surface area contributed by atoms with Crippen LogP contribution in [0.2, 0.25) is 0 Å². The largest absolute Gasteiger partial charge is 0.407 e. The fourth-order valence-corrected chi connectivity index (χ4v) is 2.70. The lowest BCUT2D eigenvalue weighted by molar-refractivity contribution is -0.159. The molecule has 2 aromatic rings. The van der Waals surface area contributed by atoms with Crippen molar-refractivity contribution in [3.05, 3.63) is 52.0 Å². The topological polar surface area (TPSA) is 24.9 Å². The Labute approximate surface area is 119 Å². The number of nitrogens with one attached hydrogen (secondary N) is 1. The van der Waals surface area contributed by atoms with E-state index in [1.807, 2.05) is 6.92 Å². The van der Waals surface area contributed by atoms with E-state index in [1.165, 1.54) is 23.5 Å². The zero-order chi connectivity index (χ0) is 14.8. The molecule has 2 nitrogen and oxygen atoms in total. The van der Waals surface area contributed by atoms with Crippen molar-refractivity contribution < 1.29 is 13.2 Å². The van der Waals surface area contributed by atoms with Crippen LogP contribution in [-0.2, 0) is 0 Å². The van der Waals surface area contributed by atoms with Crippen LogP contribution in [0.15, 0.2) is 36.5 Å². The molecule has 0 aliphatic carbocycles. The van der Waals surface area contributed by atoms with Crippen LogP contribution in [0.25, 0.3) is 0 Å². The molecule has 2 atom stereocenters. The van der Waals surface area contributed by atoms with Crippen LogP contribution < -0.4 is 5.32 Å². The molecule has 1 aromatic carbocycles. The Morgan fingerprint density at radius 2 is 1.85 bits per heavy atom. The maximum Gasteiger partial charge on any atom is 0.407 e. The Balaban J connectivity index is 2.21. The molecule has 0 bridgehead atoms. The van der Waals surface area contributed by atoms with Gasteiger partial charge < -0.3 is 0 Å². The van der Waals surface area contributed by atoms with E-state index >= 15 is 0 Å². The molecule has 108 valence electrons. The molecule has 0 spiro atoms. The average molecular weight is 300 g/mol. The highest BCUT2D eigenvalue weighted by Gasteiger charge is 2.41. The molecule has 0 fully saturated rings. The third-order valence-electron chi connectivity index (χ3n) is 2.89. The number of hydrogen-bond donors (Lipinski definition) is 1. The van der Waals surface area contributed by atoms with Crippen molar-refractivity contribution in [3.8, 4) is 0 Å². The van der Waals surface area contributed by atoms with Gasteiger partial charge in [0.25, 0.3) is 0 Å². The fraction of sp³-hybridized carbons (Fsp3) is 0.357. The number of rotatable bonds is 4. The molecule has 1 aromatic heterocycles. The molecular weight excluding hydrogens is 285 g/mol. The number of aromatic nitrogens is 1. The van der Waals surface area contributed by atoms with Gasteiger partial charge in [-0.2, -0.15) is 13.2 Å². The summed E-state index contributed by atoms with van der Waals surface area (Å²) in [6.45, 7) is 3.58. The average Bonchev–Trinajstić information content (AvgIpc) is 2.82. The Morgan fingerprint density at radius 1 is 1.20 bits per heavy atom. The van der Waals surface area contributed by atoms with Gasteiger partial charge in [0.2, 0.25) is 0 Å². The Morgan fingerprint density at radius 3 is 2.35 bits per heavy atom. The van der Waals surface area contributed by atoms with Crippen LogP contribution in [0.4, 0.5) is 13.2 Å². The number of nitrogens with zero attached hydrogens (tertiary/aromatic N) is 1. The maximum absolute atomic E-state index is 13.2. The first-order chi connectivity index (χ1) is 9.38. The first-order valence-electron chi connectivity index (χ1n) is 6.18. The molecule has 0 aliphatic heterocycles. The van der Waals surface area contributed by atoms with Gasteiger partial charge in [0.05, 0.1) is 6.04 Å². The highest BCUT2D eigenvalue weighted by Crippen LogP contribution is 2.35. The van der Waals surface area contributed by atoms with Crippen LogP contribution in [0.3, 0.4) is 0 Å². The monoisotopic (exact) mass is 300 g/mol. The number of thiazole rings is 1. The second kappa shape index (κ2) is 5.93. The maximum atomic E-state index is 13.2. The number of benzene rings is 1. The second-order valence-corrected chi connectivity index (χ2v) is 5.85. The number of halogens is 3. The molecule has 0 saturated carbocycles. The smallest absolute Gasteiger partial charge is 0.294 e. The minimum absolute atomic E-state index is 0.208. The highest BCUT2D eigenvalue weighted by molar-refractivity contribution is 7.11. The van der Waals surface area contributed by atoms with E-state index in [0.717, 1.165) is 4.88 Å². The zero-order valence-corrected chi connectivity index (χ0v) is 11.9. The third kappa shape index (κ3) is 3.58. The van der Waals surface area contributed by atoms with Gasteiger partial charge in [0.15, 0.2) is 0 Å². The standard InChI is InChI=1S/C14H15F3N2S/c1-9-8-18-13(20-9)10(2)19-12(14(15,16)17)11-6-4-3-5-7-11/h3-8,10,12,19H,1-2H3. The first-order valence-corrected chi connectivity index (χ1v) is 6.99. The van der Waals surface area contributed by atoms with Gasteiger partial charge in [0.1, 0.15) is 11.0 Å². The van der Waals surface area contributed by atoms with Gasteiger partial charge in [-0.05, 0) is 19.4 Å². The van der Waals surface area contributed by atoms with E-state index in [2.05, 4.69) is 10.3 Å². The second-order valence-electron chi connectivity index (χ2n) is 4.58. The van der Waals surface area contributed by atoms with Gasteiger partial charge in [-0.15, -0.1) is 11.3 Å². The Hall–Kier alpha value is -1.40. The van der Waals surface area contributed by atoms with Crippen molar-refractivity contribution >= 4 is 11.3 Å². The van der Waals surface area contributed by atoms with Crippen LogP contribution in [0.5, 0.6) is 0 Å². The SMILES string of the molecule is Cc1cnc(C(C)NC(c2ccccc2)C(F)(F)F)s1. The molecule has 0 saturated heterocycles. The van der Waals surface area contributed by atoms with E-state index in [0.29, 0.717) is 5.01 Å². The normalized spacial score (nSPS) is 15.1. The van der Waals surface area contributed by atoms with E-state index in [-0.39, 0.29) is 5.56 Å². The molecule has 2 unspecified atom stereocenters. The van der Waals surface area contributed by atoms with E-state index in [1.54, 1.807) is 31.3 Å². The molecule has 6 heteroatoms. The Bertz CT molecular complexity index is 551. The van der Waals surface area contributed by atoms with E-state index in [4.69, 9.17) is 0 Å². The molecule has 0 radical (unpaired) electrons. The van der Waals surface area contributed by atoms with Crippen molar-refractivity contribution in [2.24, 2.45) is 0 Å². The number of alkyl halides is 3. The minimum Gasteiger partial charge on any atom is -0.294 e. The number of aryl methyl sites for hydroxylation is 1. The van der Waals surface area contributed by atoms with Crippen LogP contribution in [0, 0.1) is 6.92 Å². The van der Waals surface area contributed by atoms with Crippen molar-refractivity contribution in [3.63, 3.8) is 0 Å². The summed E-state index contributed by atoms with van der Waals surface area (Å²) in [5.41, 5.74) is 0.208. The molecule has 0 amide bonds. The van der Waals surface area contributed by atoms with Gasteiger partial charge in [-0.3, -0.25) is 5.32 Å². The van der Waals surface area contributed by atoms with Crippen LogP contribution >= 0.6 is 11.3 Å². The first kappa shape index (κ1) is 15.0. The highest BCUT2D eigenvalue weighted by atomic mass is 32.1. The lowest BCUT2D eigenvalue weighted by Crippen LogP contribution is -2.35. The van der Waals surface area contributed by atoms with E-state index < -0.39 is 18.3 Å². The van der Waals surface area contributed by atoms with Gasteiger partial charge in [-0.25, -0.2) is 4.98 Å². The zero-order valence-electron chi connectivity index (χ0n) is 11.1. The molecule has 1 heterocycles. The van der Waals surface area contributed by atoms with Crippen LogP contribution in [0.1, 0.15) is 34.5 Å². The van der Waals surface area contributed by atoms with Crippen molar-refractivity contribution in [1.82, 2.24) is 10.3 Å². The summed E-state index contributed by atoms with van der Waals surface area (Å²) in [5, 5.41) is 3.29. The van der Waals surface area contributed by atoms with Gasteiger partial charge in [-0.1, -0.05) is 30.3 Å². The summed E-state index contributed by atoms with van der Waals surface area (Å²) in [5.74, 6) is 0. The van der Waals surface area contributed by atoms with Gasteiger partial charge in [0, 0.05) is 11.1 Å². The van der Waals surface area contributed by atoms with Crippen molar-refractivity contribution in [2.45, 2.75) is 32.1 Å². The van der Waals surface area contributed by atoms with E-state index in [9.17, 15) is 13.2 Å². The summed E-state index contributed by atoms with van der Waals surface area (Å²) in [4.78, 5) is 5.12. The van der Waals surface area contributed by atoms with Gasteiger partial charge >= 0.3 is 6.18 Å². The minimum atomic E-state index is -4.35. The molecule has 0 aliphatic rings.